The molecule has 1 aliphatic heterocycles. The van der Waals surface area contributed by atoms with E-state index in [4.69, 9.17) is 15.9 Å². The van der Waals surface area contributed by atoms with Crippen LogP contribution in [-0.2, 0) is 4.74 Å². The fraction of sp³-hybridized carbons (Fsp3) is 0.550. The number of aryl methyl sites for hydroxylation is 1. The van der Waals surface area contributed by atoms with Crippen molar-refractivity contribution in [3.05, 3.63) is 29.3 Å². The van der Waals surface area contributed by atoms with Gasteiger partial charge >= 0.3 is 6.09 Å². The Bertz CT molecular complexity index is 617. The molecule has 0 unspecified atom stereocenters. The third-order valence-corrected chi connectivity index (χ3v) is 3.97. The highest BCUT2D eigenvalue weighted by molar-refractivity contribution is 5.68. The highest BCUT2D eigenvalue weighted by Crippen LogP contribution is 2.22. The summed E-state index contributed by atoms with van der Waals surface area (Å²) in [4.78, 5) is 13.8. The molecule has 1 aromatic carbocycles. The van der Waals surface area contributed by atoms with Gasteiger partial charge in [-0.2, -0.15) is 0 Å². The SMILES string of the molecule is C#Cc1cc(C)cc(OCC2CCN(C(=O)OC(C)(C)C)CC2)c1. The predicted molar refractivity (Wildman–Crippen MR) is 95.1 cm³/mol. The molecule has 0 atom stereocenters. The van der Waals surface area contributed by atoms with Crippen molar-refractivity contribution in [1.82, 2.24) is 4.90 Å². The number of rotatable bonds is 3. The predicted octanol–water partition coefficient (Wildman–Crippen LogP) is 4.00. The van der Waals surface area contributed by atoms with Crippen LogP contribution in [0.25, 0.3) is 0 Å². The van der Waals surface area contributed by atoms with Crippen molar-refractivity contribution in [2.24, 2.45) is 5.92 Å². The van der Waals surface area contributed by atoms with E-state index < -0.39 is 5.60 Å². The Labute approximate surface area is 145 Å². The molecule has 0 aliphatic carbocycles. The normalized spacial score (nSPS) is 15.7. The van der Waals surface area contributed by atoms with Crippen LogP contribution in [0.15, 0.2) is 18.2 Å². The van der Waals surface area contributed by atoms with Crippen LogP contribution in [0.1, 0.15) is 44.7 Å². The second kappa shape index (κ2) is 7.61. The number of carbonyl (C=O) groups is 1. The molecular weight excluding hydrogens is 302 g/mol. The number of hydrogen-bond acceptors (Lipinski definition) is 3. The van der Waals surface area contributed by atoms with Gasteiger partial charge in [-0.25, -0.2) is 4.79 Å². The van der Waals surface area contributed by atoms with E-state index in [1.165, 1.54) is 0 Å². The zero-order chi connectivity index (χ0) is 17.7. The molecule has 1 saturated heterocycles. The fourth-order valence-electron chi connectivity index (χ4n) is 2.74. The van der Waals surface area contributed by atoms with E-state index in [1.807, 2.05) is 45.9 Å². The maximum atomic E-state index is 12.1. The summed E-state index contributed by atoms with van der Waals surface area (Å²) in [7, 11) is 0. The number of benzene rings is 1. The van der Waals surface area contributed by atoms with Gasteiger partial charge in [-0.15, -0.1) is 6.42 Å². The Morgan fingerprint density at radius 3 is 2.54 bits per heavy atom. The Balaban J connectivity index is 1.80. The molecule has 1 heterocycles. The topological polar surface area (TPSA) is 38.8 Å². The average molecular weight is 329 g/mol. The van der Waals surface area contributed by atoms with Crippen LogP contribution in [-0.4, -0.2) is 36.3 Å². The van der Waals surface area contributed by atoms with Crippen molar-refractivity contribution in [3.63, 3.8) is 0 Å². The molecule has 0 aromatic heterocycles. The monoisotopic (exact) mass is 329 g/mol. The lowest BCUT2D eigenvalue weighted by Crippen LogP contribution is -2.42. The molecule has 4 nitrogen and oxygen atoms in total. The number of ether oxygens (including phenoxy) is 2. The zero-order valence-corrected chi connectivity index (χ0v) is 15.1. The largest absolute Gasteiger partial charge is 0.493 e. The summed E-state index contributed by atoms with van der Waals surface area (Å²) in [6.45, 7) is 9.74. The third-order valence-electron chi connectivity index (χ3n) is 3.97. The number of likely N-dealkylation sites (tertiary alicyclic amines) is 1. The second-order valence-corrected chi connectivity index (χ2v) is 7.40. The van der Waals surface area contributed by atoms with Crippen LogP contribution in [0.4, 0.5) is 4.79 Å². The van der Waals surface area contributed by atoms with Crippen molar-refractivity contribution in [2.45, 2.75) is 46.1 Å². The number of carbonyl (C=O) groups excluding carboxylic acids is 1. The summed E-state index contributed by atoms with van der Waals surface area (Å²) in [6, 6.07) is 5.85. The van der Waals surface area contributed by atoms with Crippen molar-refractivity contribution in [3.8, 4) is 18.1 Å². The number of hydrogen-bond donors (Lipinski definition) is 0. The van der Waals surface area contributed by atoms with Gasteiger partial charge in [-0.3, -0.25) is 0 Å². The Kier molecular flexibility index (Phi) is 5.77. The molecule has 0 radical (unpaired) electrons. The van der Waals surface area contributed by atoms with Crippen LogP contribution in [0.3, 0.4) is 0 Å². The molecule has 0 N–H and O–H groups in total. The Hall–Kier alpha value is -2.15. The van der Waals surface area contributed by atoms with Gasteiger partial charge < -0.3 is 14.4 Å². The number of amides is 1. The first-order chi connectivity index (χ1) is 11.3. The average Bonchev–Trinajstić information content (AvgIpc) is 2.51. The first-order valence-corrected chi connectivity index (χ1v) is 8.46. The fourth-order valence-corrected chi connectivity index (χ4v) is 2.74. The van der Waals surface area contributed by atoms with Gasteiger partial charge in [0.25, 0.3) is 0 Å². The maximum Gasteiger partial charge on any atom is 0.410 e. The first kappa shape index (κ1) is 18.2. The van der Waals surface area contributed by atoms with Crippen LogP contribution in [0.2, 0.25) is 0 Å². The highest BCUT2D eigenvalue weighted by Gasteiger charge is 2.27. The molecule has 1 fully saturated rings. The lowest BCUT2D eigenvalue weighted by atomic mass is 9.98. The molecule has 130 valence electrons. The number of piperidine rings is 1. The van der Waals surface area contributed by atoms with Gasteiger partial charge in [0.05, 0.1) is 6.61 Å². The number of nitrogens with zero attached hydrogens (tertiary/aromatic N) is 1. The lowest BCUT2D eigenvalue weighted by molar-refractivity contribution is 0.0165. The van der Waals surface area contributed by atoms with Crippen LogP contribution in [0, 0.1) is 25.2 Å². The first-order valence-electron chi connectivity index (χ1n) is 8.46. The summed E-state index contributed by atoms with van der Waals surface area (Å²) < 4.78 is 11.3. The van der Waals surface area contributed by atoms with E-state index >= 15 is 0 Å². The molecule has 0 spiro atoms. The van der Waals surface area contributed by atoms with Gasteiger partial charge in [0.1, 0.15) is 11.4 Å². The minimum absolute atomic E-state index is 0.223. The molecule has 0 saturated carbocycles. The van der Waals surface area contributed by atoms with Gasteiger partial charge in [0.2, 0.25) is 0 Å². The number of terminal acetylenes is 1. The molecule has 1 aromatic rings. The van der Waals surface area contributed by atoms with Crippen LogP contribution < -0.4 is 4.74 Å². The molecular formula is C20H27NO3. The van der Waals surface area contributed by atoms with Crippen molar-refractivity contribution >= 4 is 6.09 Å². The van der Waals surface area contributed by atoms with Crippen LogP contribution >= 0.6 is 0 Å². The third kappa shape index (κ3) is 5.49. The van der Waals surface area contributed by atoms with E-state index in [9.17, 15) is 4.79 Å². The standard InChI is InChI=1S/C20H27NO3/c1-6-16-11-15(2)12-18(13-16)23-14-17-7-9-21(10-8-17)19(22)24-20(3,4)5/h1,11-13,17H,7-10,14H2,2-5H3. The van der Waals surface area contributed by atoms with Gasteiger partial charge in [-0.05, 0) is 70.2 Å². The maximum absolute atomic E-state index is 12.1. The molecule has 1 aliphatic rings. The summed E-state index contributed by atoms with van der Waals surface area (Å²) in [5, 5.41) is 0. The second-order valence-electron chi connectivity index (χ2n) is 7.40. The van der Waals surface area contributed by atoms with E-state index in [0.717, 1.165) is 29.7 Å². The van der Waals surface area contributed by atoms with Gasteiger partial charge in [-0.1, -0.05) is 5.92 Å². The quantitative estimate of drug-likeness (QED) is 0.787. The summed E-state index contributed by atoms with van der Waals surface area (Å²) in [5.74, 6) is 3.91. The van der Waals surface area contributed by atoms with Crippen LogP contribution in [0.5, 0.6) is 5.75 Å². The smallest absolute Gasteiger partial charge is 0.410 e. The summed E-state index contributed by atoms with van der Waals surface area (Å²) in [6.07, 6.45) is 7.08. The highest BCUT2D eigenvalue weighted by atomic mass is 16.6. The Morgan fingerprint density at radius 2 is 1.96 bits per heavy atom. The molecule has 24 heavy (non-hydrogen) atoms. The van der Waals surface area contributed by atoms with E-state index in [1.54, 1.807) is 4.90 Å². The van der Waals surface area contributed by atoms with Gasteiger partial charge in [0, 0.05) is 18.7 Å². The van der Waals surface area contributed by atoms with Crippen molar-refractivity contribution < 1.29 is 14.3 Å². The Morgan fingerprint density at radius 1 is 1.29 bits per heavy atom. The lowest BCUT2D eigenvalue weighted by Gasteiger charge is -2.33. The van der Waals surface area contributed by atoms with E-state index in [0.29, 0.717) is 25.6 Å². The molecule has 1 amide bonds. The van der Waals surface area contributed by atoms with E-state index in [2.05, 4.69) is 5.92 Å². The van der Waals surface area contributed by atoms with E-state index in [-0.39, 0.29) is 6.09 Å². The summed E-state index contributed by atoms with van der Waals surface area (Å²) in [5.41, 5.74) is 1.49. The minimum Gasteiger partial charge on any atom is -0.493 e. The van der Waals surface area contributed by atoms with Crippen molar-refractivity contribution in [2.75, 3.05) is 19.7 Å². The molecule has 4 heteroatoms. The van der Waals surface area contributed by atoms with Gasteiger partial charge in [0.15, 0.2) is 0 Å². The summed E-state index contributed by atoms with van der Waals surface area (Å²) >= 11 is 0. The minimum atomic E-state index is -0.447. The molecule has 0 bridgehead atoms. The van der Waals surface area contributed by atoms with Crippen molar-refractivity contribution in [1.29, 1.82) is 0 Å². The molecule has 2 rings (SSSR count). The zero-order valence-electron chi connectivity index (χ0n) is 15.1.